The maximum Gasteiger partial charge on any atom is 0.123 e. The van der Waals surface area contributed by atoms with Crippen LogP contribution in [0.3, 0.4) is 0 Å². The summed E-state index contributed by atoms with van der Waals surface area (Å²) in [6.07, 6.45) is 0. The zero-order valence-electron chi connectivity index (χ0n) is 36.8. The number of benzene rings is 9. The van der Waals surface area contributed by atoms with Gasteiger partial charge >= 0.3 is 0 Å². The Balaban J connectivity index is 1.31. The van der Waals surface area contributed by atoms with Gasteiger partial charge in [0.05, 0.1) is 33.4 Å². The molecule has 0 saturated heterocycles. The average Bonchev–Trinajstić information content (AvgIpc) is 4.08. The molecule has 0 aliphatic rings. The highest BCUT2D eigenvalue weighted by Crippen LogP contribution is 2.54. The summed E-state index contributed by atoms with van der Waals surface area (Å²) in [5.74, 6) is -0.711. The number of thiophene rings is 2. The van der Waals surface area contributed by atoms with Crippen molar-refractivity contribution < 1.29 is 8.78 Å². The van der Waals surface area contributed by atoms with Crippen LogP contribution in [0.15, 0.2) is 170 Å². The molecule has 2 nitrogen and oxygen atoms in total. The van der Waals surface area contributed by atoms with Gasteiger partial charge in [0.25, 0.3) is 0 Å². The number of aromatic nitrogens is 2. The maximum atomic E-state index is 16.1. The quantitative estimate of drug-likeness (QED) is 0.157. The summed E-state index contributed by atoms with van der Waals surface area (Å²) in [6.45, 7) is 9.07. The topological polar surface area (TPSA) is 9.86 Å². The molecule has 0 unspecified atom stereocenters. The summed E-state index contributed by atoms with van der Waals surface area (Å²) in [5, 5.41) is 9.64. The Morgan fingerprint density at radius 3 is 1.21 bits per heavy atom. The number of rotatable bonds is 6. The van der Waals surface area contributed by atoms with Crippen LogP contribution in [0.25, 0.3) is 118 Å². The zero-order chi connectivity index (χ0) is 44.5. The highest BCUT2D eigenvalue weighted by molar-refractivity contribution is 7.26. The van der Waals surface area contributed by atoms with Crippen LogP contribution in [0.1, 0.15) is 50.7 Å². The minimum absolute atomic E-state index is 0.0430. The number of para-hydroxylation sites is 2. The minimum atomic E-state index is -0.313. The van der Waals surface area contributed by atoms with Gasteiger partial charge in [-0.05, 0) is 107 Å². The molecule has 0 N–H and O–H groups in total. The smallest absolute Gasteiger partial charge is 0.123 e. The molecular formula is C60H42F2N2S2. The summed E-state index contributed by atoms with van der Waals surface area (Å²) < 4.78 is 42.1. The van der Waals surface area contributed by atoms with Crippen LogP contribution < -0.4 is 0 Å². The monoisotopic (exact) mass is 892 g/mol. The molecule has 4 aromatic heterocycles. The Morgan fingerprint density at radius 1 is 0.364 bits per heavy atom. The van der Waals surface area contributed by atoms with Crippen LogP contribution in [0.2, 0.25) is 0 Å². The van der Waals surface area contributed by atoms with Crippen molar-refractivity contribution in [2.24, 2.45) is 0 Å². The molecule has 0 aliphatic heterocycles. The van der Waals surface area contributed by atoms with E-state index >= 15 is 8.78 Å². The van der Waals surface area contributed by atoms with Crippen molar-refractivity contribution in [2.75, 3.05) is 0 Å². The lowest BCUT2D eigenvalue weighted by Crippen LogP contribution is -2.15. The van der Waals surface area contributed by atoms with E-state index < -0.39 is 0 Å². The Hall–Kier alpha value is -7.12. The van der Waals surface area contributed by atoms with Crippen LogP contribution in [0, 0.1) is 11.6 Å². The lowest BCUT2D eigenvalue weighted by Gasteiger charge is -2.32. The molecular weight excluding hydrogens is 851 g/mol. The molecule has 0 amide bonds. The van der Waals surface area contributed by atoms with Gasteiger partial charge in [-0.1, -0.05) is 125 Å². The average molecular weight is 893 g/mol. The second-order valence-corrected chi connectivity index (χ2v) is 20.3. The molecule has 0 atom stereocenters. The lowest BCUT2D eigenvalue weighted by molar-refractivity contribution is 0.628. The van der Waals surface area contributed by atoms with E-state index in [1.54, 1.807) is 12.1 Å². The Kier molecular flexibility index (Phi) is 8.74. The van der Waals surface area contributed by atoms with Gasteiger partial charge in [-0.2, -0.15) is 0 Å². The summed E-state index contributed by atoms with van der Waals surface area (Å²) in [5.41, 5.74) is 11.8. The predicted molar refractivity (Wildman–Crippen MR) is 280 cm³/mol. The standard InChI is InChI=1S/C60H42F2N2S2/c1-33(2)51-53(35-15-13-17-37(61)31-35)60(64-44-24-10-6-20-40(44)56-46(64)28-30-50-58(56)42-22-8-12-26-48(42)66-50)54(36-16-14-18-38(62)32-36)52(34(3)4)59(51)63-43-23-9-5-19-39(43)55-45(63)27-29-49-57(55)41-21-7-11-25-47(41)65-49/h5-34H,1-4H3. The summed E-state index contributed by atoms with van der Waals surface area (Å²) in [4.78, 5) is 0. The number of hydrogen-bond donors (Lipinski definition) is 0. The van der Waals surface area contributed by atoms with E-state index in [1.807, 2.05) is 46.9 Å². The third kappa shape index (κ3) is 5.55. The zero-order valence-corrected chi connectivity index (χ0v) is 38.4. The Morgan fingerprint density at radius 2 is 0.773 bits per heavy atom. The Labute approximate surface area is 388 Å². The van der Waals surface area contributed by atoms with Crippen molar-refractivity contribution in [3.05, 3.63) is 193 Å². The van der Waals surface area contributed by atoms with Crippen LogP contribution in [0.4, 0.5) is 8.78 Å². The van der Waals surface area contributed by atoms with Gasteiger partial charge in [-0.25, -0.2) is 8.78 Å². The molecule has 0 aliphatic carbocycles. The summed E-state index contributed by atoms with van der Waals surface area (Å²) in [6, 6.07) is 58.1. The van der Waals surface area contributed by atoms with Crippen LogP contribution in [0.5, 0.6) is 0 Å². The van der Waals surface area contributed by atoms with E-state index in [4.69, 9.17) is 0 Å². The number of nitrogens with zero attached hydrogens (tertiary/aromatic N) is 2. The van der Waals surface area contributed by atoms with Gasteiger partial charge in [0.15, 0.2) is 0 Å². The maximum absolute atomic E-state index is 16.1. The van der Waals surface area contributed by atoms with Gasteiger partial charge in [0.2, 0.25) is 0 Å². The number of halogens is 2. The van der Waals surface area contributed by atoms with Gasteiger partial charge in [0, 0.05) is 73.0 Å². The van der Waals surface area contributed by atoms with Crippen molar-refractivity contribution in [3.8, 4) is 33.6 Å². The lowest BCUT2D eigenvalue weighted by atomic mass is 9.79. The van der Waals surface area contributed by atoms with Crippen molar-refractivity contribution >= 4 is 107 Å². The molecule has 0 spiro atoms. The first kappa shape index (κ1) is 39.3. The molecule has 66 heavy (non-hydrogen) atoms. The molecule has 0 radical (unpaired) electrons. The van der Waals surface area contributed by atoms with Gasteiger partial charge in [-0.15, -0.1) is 22.7 Å². The van der Waals surface area contributed by atoms with Crippen LogP contribution in [-0.2, 0) is 0 Å². The molecule has 4 heterocycles. The van der Waals surface area contributed by atoms with Gasteiger partial charge < -0.3 is 9.13 Å². The number of fused-ring (bicyclic) bond motifs is 14. The van der Waals surface area contributed by atoms with Crippen molar-refractivity contribution in [1.29, 1.82) is 0 Å². The third-order valence-electron chi connectivity index (χ3n) is 13.7. The summed E-state index contributed by atoms with van der Waals surface area (Å²) in [7, 11) is 0. The molecule has 0 fully saturated rings. The van der Waals surface area contributed by atoms with Crippen molar-refractivity contribution in [3.63, 3.8) is 0 Å². The molecule has 0 bridgehead atoms. The predicted octanol–water partition coefficient (Wildman–Crippen LogP) is 18.5. The first-order valence-electron chi connectivity index (χ1n) is 22.7. The normalized spacial score (nSPS) is 12.4. The van der Waals surface area contributed by atoms with Crippen LogP contribution >= 0.6 is 22.7 Å². The van der Waals surface area contributed by atoms with Crippen LogP contribution in [-0.4, -0.2) is 9.13 Å². The van der Waals surface area contributed by atoms with E-state index in [0.717, 1.165) is 72.2 Å². The fourth-order valence-corrected chi connectivity index (χ4v) is 13.5. The van der Waals surface area contributed by atoms with E-state index in [-0.39, 0.29) is 23.5 Å². The van der Waals surface area contributed by atoms with E-state index in [1.165, 1.54) is 68.6 Å². The SMILES string of the molecule is CC(C)c1c(-c2cccc(F)c2)c(-n2c3ccccc3c3c4c(ccc32)sc2ccccc24)c(-c2cccc(F)c2)c(C(C)C)c1-n1c2ccccc2c2c3c(ccc21)sc1ccccc13. The van der Waals surface area contributed by atoms with Crippen molar-refractivity contribution in [2.45, 2.75) is 39.5 Å². The third-order valence-corrected chi connectivity index (χ3v) is 16.0. The second-order valence-electron chi connectivity index (χ2n) is 18.2. The molecule has 6 heteroatoms. The van der Waals surface area contributed by atoms with E-state index in [2.05, 4.69) is 158 Å². The van der Waals surface area contributed by atoms with Gasteiger partial charge in [0.1, 0.15) is 11.6 Å². The van der Waals surface area contributed by atoms with Gasteiger partial charge in [-0.3, -0.25) is 0 Å². The highest BCUT2D eigenvalue weighted by atomic mass is 32.1. The van der Waals surface area contributed by atoms with E-state index in [0.29, 0.717) is 0 Å². The first-order chi connectivity index (χ1) is 32.3. The molecule has 0 saturated carbocycles. The number of hydrogen-bond acceptors (Lipinski definition) is 2. The second kappa shape index (κ2) is 14.7. The first-order valence-corrected chi connectivity index (χ1v) is 24.3. The van der Waals surface area contributed by atoms with Crippen molar-refractivity contribution in [1.82, 2.24) is 9.13 Å². The van der Waals surface area contributed by atoms with E-state index in [9.17, 15) is 0 Å². The minimum Gasteiger partial charge on any atom is -0.309 e. The molecule has 13 aromatic rings. The highest BCUT2D eigenvalue weighted by Gasteiger charge is 2.34. The summed E-state index contributed by atoms with van der Waals surface area (Å²) >= 11 is 3.64. The molecule has 318 valence electrons. The largest absolute Gasteiger partial charge is 0.309 e. The molecule has 9 aromatic carbocycles. The fraction of sp³-hybridized carbons (Fsp3) is 0.100. The Bertz CT molecular complexity index is 4080. The molecule has 13 rings (SSSR count). The fourth-order valence-electron chi connectivity index (χ4n) is 11.3.